The van der Waals surface area contributed by atoms with Crippen molar-refractivity contribution >= 4 is 16.8 Å². The van der Waals surface area contributed by atoms with Gasteiger partial charge < -0.3 is 14.4 Å². The van der Waals surface area contributed by atoms with Crippen molar-refractivity contribution in [1.29, 1.82) is 0 Å². The van der Waals surface area contributed by atoms with Gasteiger partial charge in [-0.05, 0) is 24.3 Å². The highest BCUT2D eigenvalue weighted by atomic mass is 19.4. The second kappa shape index (κ2) is 7.62. The van der Waals surface area contributed by atoms with Crippen LogP contribution in [0.1, 0.15) is 16.8 Å². The van der Waals surface area contributed by atoms with E-state index in [4.69, 9.17) is 4.74 Å². The predicted molar refractivity (Wildman–Crippen MR) is 99.8 cm³/mol. The lowest BCUT2D eigenvalue weighted by Gasteiger charge is -2.19. The van der Waals surface area contributed by atoms with Gasteiger partial charge >= 0.3 is 6.36 Å². The maximum atomic E-state index is 12.7. The lowest BCUT2D eigenvalue weighted by molar-refractivity contribution is -0.274. The van der Waals surface area contributed by atoms with E-state index in [9.17, 15) is 18.0 Å². The quantitative estimate of drug-likeness (QED) is 0.648. The van der Waals surface area contributed by atoms with Crippen molar-refractivity contribution in [2.24, 2.45) is 0 Å². The van der Waals surface area contributed by atoms with Crippen LogP contribution in [0.15, 0.2) is 60.7 Å². The number of ether oxygens (including phenoxy) is 2. The Morgan fingerprint density at radius 3 is 2.62 bits per heavy atom. The second-order valence-corrected chi connectivity index (χ2v) is 6.67. The molecular weight excluding hydrogens is 385 g/mol. The smallest absolute Gasteiger partial charge is 0.472 e. The van der Waals surface area contributed by atoms with E-state index in [1.54, 1.807) is 6.07 Å². The van der Waals surface area contributed by atoms with Crippen molar-refractivity contribution in [2.75, 3.05) is 13.1 Å². The molecule has 8 heteroatoms. The van der Waals surface area contributed by atoms with Gasteiger partial charge in [-0.15, -0.1) is 13.2 Å². The number of para-hydroxylation sites is 2. The number of pyridine rings is 1. The average Bonchev–Trinajstić information content (AvgIpc) is 3.15. The van der Waals surface area contributed by atoms with E-state index >= 15 is 0 Å². The van der Waals surface area contributed by atoms with Crippen molar-refractivity contribution in [3.05, 3.63) is 66.2 Å². The highest BCUT2D eigenvalue weighted by molar-refractivity contribution is 5.97. The molecule has 1 saturated heterocycles. The maximum Gasteiger partial charge on any atom is 0.573 e. The molecule has 29 heavy (non-hydrogen) atoms. The standard InChI is InChI=1S/C21H17F3N2O3/c22-21(23,24)29-18-8-4-2-6-16(18)20(27)26-12-11-15(13-26)28-19-10-9-14-5-1-3-7-17(14)25-19/h1-10,15H,11-13H2. The monoisotopic (exact) mass is 402 g/mol. The molecule has 3 aromatic rings. The lowest BCUT2D eigenvalue weighted by Crippen LogP contribution is -2.32. The lowest BCUT2D eigenvalue weighted by atomic mass is 10.2. The Morgan fingerprint density at radius 2 is 1.79 bits per heavy atom. The molecule has 0 radical (unpaired) electrons. The molecule has 1 unspecified atom stereocenters. The van der Waals surface area contributed by atoms with E-state index in [1.807, 2.05) is 30.3 Å². The number of hydrogen-bond donors (Lipinski definition) is 0. The van der Waals surface area contributed by atoms with Gasteiger partial charge in [-0.25, -0.2) is 4.98 Å². The highest BCUT2D eigenvalue weighted by Gasteiger charge is 2.35. The van der Waals surface area contributed by atoms with Crippen LogP contribution in [0.4, 0.5) is 13.2 Å². The number of rotatable bonds is 4. The van der Waals surface area contributed by atoms with Gasteiger partial charge in [0.25, 0.3) is 5.91 Å². The molecule has 0 spiro atoms. The fourth-order valence-electron chi connectivity index (χ4n) is 3.32. The number of carbonyl (C=O) groups is 1. The van der Waals surface area contributed by atoms with Crippen molar-refractivity contribution in [2.45, 2.75) is 18.9 Å². The number of likely N-dealkylation sites (tertiary alicyclic amines) is 1. The van der Waals surface area contributed by atoms with Gasteiger partial charge in [-0.2, -0.15) is 0 Å². The SMILES string of the molecule is O=C(c1ccccc1OC(F)(F)F)N1CCC(Oc2ccc3ccccc3n2)C1. The molecule has 5 nitrogen and oxygen atoms in total. The number of amides is 1. The van der Waals surface area contributed by atoms with Gasteiger partial charge in [0.05, 0.1) is 17.6 Å². The van der Waals surface area contributed by atoms with Crippen molar-refractivity contribution in [3.63, 3.8) is 0 Å². The van der Waals surface area contributed by atoms with Crippen LogP contribution < -0.4 is 9.47 Å². The van der Waals surface area contributed by atoms with E-state index in [2.05, 4.69) is 9.72 Å². The zero-order chi connectivity index (χ0) is 20.4. The van der Waals surface area contributed by atoms with E-state index in [1.165, 1.54) is 23.1 Å². The zero-order valence-electron chi connectivity index (χ0n) is 15.2. The first-order chi connectivity index (χ1) is 13.9. The summed E-state index contributed by atoms with van der Waals surface area (Å²) in [7, 11) is 0. The normalized spacial score (nSPS) is 16.8. The minimum atomic E-state index is -4.87. The first-order valence-electron chi connectivity index (χ1n) is 9.05. The first kappa shape index (κ1) is 19.0. The van der Waals surface area contributed by atoms with E-state index < -0.39 is 18.0 Å². The Hall–Kier alpha value is -3.29. The van der Waals surface area contributed by atoms with Crippen LogP contribution >= 0.6 is 0 Å². The van der Waals surface area contributed by atoms with Crippen LogP contribution in [0, 0.1) is 0 Å². The fraction of sp³-hybridized carbons (Fsp3) is 0.238. The van der Waals surface area contributed by atoms with Crippen LogP contribution in [-0.2, 0) is 0 Å². The Balaban J connectivity index is 1.45. The zero-order valence-corrected chi connectivity index (χ0v) is 15.2. The topological polar surface area (TPSA) is 51.7 Å². The minimum absolute atomic E-state index is 0.130. The summed E-state index contributed by atoms with van der Waals surface area (Å²) in [5, 5.41) is 0.990. The molecular formula is C21H17F3N2O3. The summed E-state index contributed by atoms with van der Waals surface area (Å²) in [6.45, 7) is 0.630. The molecule has 2 aromatic carbocycles. The third-order valence-electron chi connectivity index (χ3n) is 4.64. The van der Waals surface area contributed by atoms with Crippen LogP contribution in [-0.4, -0.2) is 41.3 Å². The summed E-state index contributed by atoms with van der Waals surface area (Å²) in [6.07, 6.45) is -4.60. The van der Waals surface area contributed by atoms with Crippen LogP contribution in [0.25, 0.3) is 10.9 Å². The molecule has 1 aromatic heterocycles. The largest absolute Gasteiger partial charge is 0.573 e. The Kier molecular flexibility index (Phi) is 5.00. The molecule has 1 amide bonds. The molecule has 0 aliphatic carbocycles. The van der Waals surface area contributed by atoms with Gasteiger partial charge in [0.2, 0.25) is 5.88 Å². The number of alkyl halides is 3. The second-order valence-electron chi connectivity index (χ2n) is 6.67. The Labute approximate surface area is 164 Å². The number of halogens is 3. The van der Waals surface area contributed by atoms with E-state index in [0.29, 0.717) is 18.8 Å². The summed E-state index contributed by atoms with van der Waals surface area (Å²) in [5.74, 6) is -0.586. The summed E-state index contributed by atoms with van der Waals surface area (Å²) in [5.41, 5.74) is 0.670. The van der Waals surface area contributed by atoms with Crippen molar-refractivity contribution in [1.82, 2.24) is 9.88 Å². The number of nitrogens with zero attached hydrogens (tertiary/aromatic N) is 2. The summed E-state index contributed by atoms with van der Waals surface area (Å²) < 4.78 is 47.7. The average molecular weight is 402 g/mol. The number of benzene rings is 2. The van der Waals surface area contributed by atoms with Gasteiger partial charge in [-0.3, -0.25) is 4.79 Å². The van der Waals surface area contributed by atoms with Crippen molar-refractivity contribution in [3.8, 4) is 11.6 Å². The van der Waals surface area contributed by atoms with Crippen LogP contribution in [0.2, 0.25) is 0 Å². The van der Waals surface area contributed by atoms with Crippen LogP contribution in [0.3, 0.4) is 0 Å². The Bertz CT molecular complexity index is 1040. The summed E-state index contributed by atoms with van der Waals surface area (Å²) in [6, 6.07) is 16.6. The number of fused-ring (bicyclic) bond motifs is 1. The van der Waals surface area contributed by atoms with Gasteiger partial charge in [-0.1, -0.05) is 30.3 Å². The first-order valence-corrected chi connectivity index (χ1v) is 9.05. The molecule has 4 rings (SSSR count). The molecule has 0 N–H and O–H groups in total. The summed E-state index contributed by atoms with van der Waals surface area (Å²) in [4.78, 5) is 18.6. The summed E-state index contributed by atoms with van der Waals surface area (Å²) >= 11 is 0. The molecule has 1 aliphatic rings. The number of aromatic nitrogens is 1. The number of hydrogen-bond acceptors (Lipinski definition) is 4. The fourth-order valence-corrected chi connectivity index (χ4v) is 3.32. The molecule has 1 atom stereocenters. The van der Waals surface area contributed by atoms with Gasteiger partial charge in [0.1, 0.15) is 11.9 Å². The van der Waals surface area contributed by atoms with Gasteiger partial charge in [0, 0.05) is 24.4 Å². The van der Waals surface area contributed by atoms with Gasteiger partial charge in [0.15, 0.2) is 0 Å². The van der Waals surface area contributed by atoms with Crippen LogP contribution in [0.5, 0.6) is 11.6 Å². The Morgan fingerprint density at radius 1 is 1.03 bits per heavy atom. The maximum absolute atomic E-state index is 12.7. The molecule has 0 saturated carbocycles. The third-order valence-corrected chi connectivity index (χ3v) is 4.64. The predicted octanol–water partition coefficient (Wildman–Crippen LogP) is 4.43. The molecule has 1 aliphatic heterocycles. The molecule has 0 bridgehead atoms. The molecule has 1 fully saturated rings. The third kappa shape index (κ3) is 4.42. The van der Waals surface area contributed by atoms with E-state index in [-0.39, 0.29) is 18.2 Å². The minimum Gasteiger partial charge on any atom is -0.472 e. The van der Waals surface area contributed by atoms with Crippen molar-refractivity contribution < 1.29 is 27.4 Å². The molecule has 2 heterocycles. The molecule has 150 valence electrons. The highest BCUT2D eigenvalue weighted by Crippen LogP contribution is 2.28. The number of carbonyl (C=O) groups excluding carboxylic acids is 1. The van der Waals surface area contributed by atoms with E-state index in [0.717, 1.165) is 17.0 Å².